The predicted octanol–water partition coefficient (Wildman–Crippen LogP) is 4.66. The second-order valence-corrected chi connectivity index (χ2v) is 6.29. The summed E-state index contributed by atoms with van der Waals surface area (Å²) in [4.78, 5) is 13.3. The number of hydrogen-bond donors (Lipinski definition) is 2. The van der Waals surface area contributed by atoms with Crippen molar-refractivity contribution in [2.75, 3.05) is 10.6 Å². The molecule has 0 unspecified atom stereocenters. The van der Waals surface area contributed by atoms with Gasteiger partial charge in [0.05, 0.1) is 12.2 Å². The maximum Gasteiger partial charge on any atom is 0.229 e. The molecule has 0 bridgehead atoms. The Morgan fingerprint density at radius 1 is 1.00 bits per heavy atom. The molecule has 2 aromatic heterocycles. The SMILES string of the molecule is Cc1cc(NCc2ccccn2)nc(Nc2ccc(C(C)C)cc2)n1. The quantitative estimate of drug-likeness (QED) is 0.687. The average Bonchev–Trinajstić information content (AvgIpc) is 2.61. The van der Waals surface area contributed by atoms with Crippen molar-refractivity contribution in [2.24, 2.45) is 0 Å². The van der Waals surface area contributed by atoms with Crippen LogP contribution in [0.1, 0.15) is 36.7 Å². The Morgan fingerprint density at radius 3 is 2.48 bits per heavy atom. The van der Waals surface area contributed by atoms with Crippen LogP contribution in [0.4, 0.5) is 17.5 Å². The molecule has 128 valence electrons. The van der Waals surface area contributed by atoms with Crippen LogP contribution in [0.25, 0.3) is 0 Å². The van der Waals surface area contributed by atoms with Crippen LogP contribution in [0.15, 0.2) is 54.7 Å². The van der Waals surface area contributed by atoms with Crippen LogP contribution in [-0.4, -0.2) is 15.0 Å². The molecule has 3 aromatic rings. The van der Waals surface area contributed by atoms with E-state index in [1.807, 2.05) is 31.2 Å². The van der Waals surface area contributed by atoms with E-state index in [4.69, 9.17) is 0 Å². The fourth-order valence-electron chi connectivity index (χ4n) is 2.48. The number of nitrogens with zero attached hydrogens (tertiary/aromatic N) is 3. The zero-order valence-electron chi connectivity index (χ0n) is 14.8. The molecule has 5 nitrogen and oxygen atoms in total. The molecule has 0 spiro atoms. The molecule has 0 radical (unpaired) electrons. The van der Waals surface area contributed by atoms with Gasteiger partial charge in [-0.15, -0.1) is 0 Å². The first kappa shape index (κ1) is 16.9. The molecule has 0 aliphatic rings. The normalized spacial score (nSPS) is 10.7. The van der Waals surface area contributed by atoms with E-state index in [2.05, 4.69) is 63.7 Å². The predicted molar refractivity (Wildman–Crippen MR) is 102 cm³/mol. The van der Waals surface area contributed by atoms with Crippen LogP contribution in [0.5, 0.6) is 0 Å². The van der Waals surface area contributed by atoms with Crippen LogP contribution in [-0.2, 0) is 6.54 Å². The Kier molecular flexibility index (Phi) is 5.23. The Bertz CT molecular complexity index is 813. The van der Waals surface area contributed by atoms with Crippen molar-refractivity contribution in [2.45, 2.75) is 33.2 Å². The number of benzene rings is 1. The first-order valence-electron chi connectivity index (χ1n) is 8.46. The van der Waals surface area contributed by atoms with Gasteiger partial charge in [-0.05, 0) is 42.7 Å². The van der Waals surface area contributed by atoms with E-state index in [1.165, 1.54) is 5.56 Å². The van der Waals surface area contributed by atoms with E-state index in [0.29, 0.717) is 18.4 Å². The fraction of sp³-hybridized carbons (Fsp3) is 0.250. The second-order valence-electron chi connectivity index (χ2n) is 6.29. The highest BCUT2D eigenvalue weighted by Gasteiger charge is 2.04. The topological polar surface area (TPSA) is 62.7 Å². The van der Waals surface area contributed by atoms with Crippen LogP contribution in [0.2, 0.25) is 0 Å². The van der Waals surface area contributed by atoms with Gasteiger partial charge >= 0.3 is 0 Å². The monoisotopic (exact) mass is 333 g/mol. The molecule has 0 aliphatic heterocycles. The van der Waals surface area contributed by atoms with Gasteiger partial charge in [-0.25, -0.2) is 4.98 Å². The largest absolute Gasteiger partial charge is 0.364 e. The molecule has 5 heteroatoms. The van der Waals surface area contributed by atoms with Crippen molar-refractivity contribution in [3.8, 4) is 0 Å². The zero-order valence-corrected chi connectivity index (χ0v) is 14.8. The lowest BCUT2D eigenvalue weighted by atomic mass is 10.0. The maximum absolute atomic E-state index is 4.54. The molecule has 1 aromatic carbocycles. The van der Waals surface area contributed by atoms with Crippen molar-refractivity contribution in [1.82, 2.24) is 15.0 Å². The summed E-state index contributed by atoms with van der Waals surface area (Å²) in [6.45, 7) is 6.96. The molecular weight excluding hydrogens is 310 g/mol. The van der Waals surface area contributed by atoms with Gasteiger partial charge in [0.15, 0.2) is 0 Å². The molecule has 2 N–H and O–H groups in total. The summed E-state index contributed by atoms with van der Waals surface area (Å²) in [7, 11) is 0. The summed E-state index contributed by atoms with van der Waals surface area (Å²) in [5.74, 6) is 1.88. The van der Waals surface area contributed by atoms with Crippen molar-refractivity contribution >= 4 is 17.5 Å². The highest BCUT2D eigenvalue weighted by molar-refractivity contribution is 5.56. The van der Waals surface area contributed by atoms with Crippen molar-refractivity contribution in [1.29, 1.82) is 0 Å². The Balaban J connectivity index is 1.70. The number of pyridine rings is 1. The average molecular weight is 333 g/mol. The molecule has 3 rings (SSSR count). The first-order valence-corrected chi connectivity index (χ1v) is 8.46. The smallest absolute Gasteiger partial charge is 0.229 e. The number of nitrogens with one attached hydrogen (secondary N) is 2. The van der Waals surface area contributed by atoms with Gasteiger partial charge in [0.2, 0.25) is 5.95 Å². The van der Waals surface area contributed by atoms with Crippen molar-refractivity contribution in [3.05, 3.63) is 71.7 Å². The summed E-state index contributed by atoms with van der Waals surface area (Å²) in [6, 6.07) is 16.2. The van der Waals surface area contributed by atoms with E-state index in [1.54, 1.807) is 6.20 Å². The number of anilines is 3. The molecule has 0 fully saturated rings. The zero-order chi connectivity index (χ0) is 17.6. The molecule has 0 atom stereocenters. The first-order chi connectivity index (χ1) is 12.1. The number of aromatic nitrogens is 3. The third-order valence-corrected chi connectivity index (χ3v) is 3.86. The van der Waals surface area contributed by atoms with Gasteiger partial charge in [-0.1, -0.05) is 32.0 Å². The van der Waals surface area contributed by atoms with E-state index in [0.717, 1.165) is 22.9 Å². The van der Waals surface area contributed by atoms with Crippen LogP contribution < -0.4 is 10.6 Å². The van der Waals surface area contributed by atoms with Crippen LogP contribution >= 0.6 is 0 Å². The van der Waals surface area contributed by atoms with Crippen LogP contribution in [0.3, 0.4) is 0 Å². The highest BCUT2D eigenvalue weighted by atomic mass is 15.1. The van der Waals surface area contributed by atoms with E-state index in [-0.39, 0.29) is 0 Å². The van der Waals surface area contributed by atoms with E-state index >= 15 is 0 Å². The summed E-state index contributed by atoms with van der Waals surface area (Å²) < 4.78 is 0. The Hall–Kier alpha value is -2.95. The summed E-state index contributed by atoms with van der Waals surface area (Å²) in [5, 5.41) is 6.57. The third kappa shape index (κ3) is 4.76. The van der Waals surface area contributed by atoms with Gasteiger partial charge in [0.1, 0.15) is 5.82 Å². The summed E-state index contributed by atoms with van der Waals surface area (Å²) in [6.07, 6.45) is 1.79. The minimum Gasteiger partial charge on any atom is -0.364 e. The molecule has 25 heavy (non-hydrogen) atoms. The molecule has 0 saturated carbocycles. The Labute approximate surface area is 148 Å². The van der Waals surface area contributed by atoms with Gasteiger partial charge < -0.3 is 10.6 Å². The van der Waals surface area contributed by atoms with Gasteiger partial charge in [0, 0.05) is 23.6 Å². The maximum atomic E-state index is 4.54. The van der Waals surface area contributed by atoms with Crippen molar-refractivity contribution in [3.63, 3.8) is 0 Å². The molecule has 2 heterocycles. The molecular formula is C20H23N5. The van der Waals surface area contributed by atoms with Gasteiger partial charge in [0.25, 0.3) is 0 Å². The molecule has 0 aliphatic carbocycles. The lowest BCUT2D eigenvalue weighted by Gasteiger charge is -2.11. The van der Waals surface area contributed by atoms with Gasteiger partial charge in [-0.2, -0.15) is 4.98 Å². The fourth-order valence-corrected chi connectivity index (χ4v) is 2.48. The van der Waals surface area contributed by atoms with E-state index < -0.39 is 0 Å². The Morgan fingerprint density at radius 2 is 1.80 bits per heavy atom. The summed E-state index contributed by atoms with van der Waals surface area (Å²) >= 11 is 0. The molecule has 0 saturated heterocycles. The van der Waals surface area contributed by atoms with Crippen LogP contribution in [0, 0.1) is 6.92 Å². The second kappa shape index (κ2) is 7.75. The summed E-state index contributed by atoms with van der Waals surface area (Å²) in [5.41, 5.74) is 4.16. The van der Waals surface area contributed by atoms with Gasteiger partial charge in [-0.3, -0.25) is 4.98 Å². The number of rotatable bonds is 6. The minimum atomic E-state index is 0.520. The highest BCUT2D eigenvalue weighted by Crippen LogP contribution is 2.20. The lowest BCUT2D eigenvalue weighted by Crippen LogP contribution is -2.06. The van der Waals surface area contributed by atoms with E-state index in [9.17, 15) is 0 Å². The van der Waals surface area contributed by atoms with Crippen molar-refractivity contribution < 1.29 is 0 Å². The standard InChI is InChI=1S/C20H23N5/c1-14(2)16-7-9-17(10-8-16)24-20-23-15(3)12-19(25-20)22-13-18-6-4-5-11-21-18/h4-12,14H,13H2,1-3H3,(H2,22,23,24,25). The number of hydrogen-bond acceptors (Lipinski definition) is 5. The molecule has 0 amide bonds. The number of aryl methyl sites for hydroxylation is 1. The minimum absolute atomic E-state index is 0.520. The third-order valence-electron chi connectivity index (χ3n) is 3.86. The lowest BCUT2D eigenvalue weighted by molar-refractivity contribution is 0.867.